The first-order chi connectivity index (χ1) is 13.1. The van der Waals surface area contributed by atoms with Gasteiger partial charge in [-0.25, -0.2) is 9.07 Å². The van der Waals surface area contributed by atoms with Crippen molar-refractivity contribution < 1.29 is 4.39 Å². The molecule has 4 rings (SSSR count). The van der Waals surface area contributed by atoms with Gasteiger partial charge in [-0.15, -0.1) is 10.2 Å². The van der Waals surface area contributed by atoms with Crippen molar-refractivity contribution in [2.75, 3.05) is 23.3 Å². The van der Waals surface area contributed by atoms with E-state index in [9.17, 15) is 4.39 Å². The van der Waals surface area contributed by atoms with E-state index >= 15 is 0 Å². The smallest absolute Gasteiger partial charge is 0.176 e. The molecule has 3 heterocycles. The standard InChI is InChI=1S/C20H23FN6/c1-14-13-15(2)27(25-14)20-8-7-19(23-24-20)26-11-9-16(10-12-26)22-18-6-4-3-5-17(18)21/h3-8,13,16,22H,9-12H2,1-2H3. The van der Waals surface area contributed by atoms with Gasteiger partial charge in [0.05, 0.1) is 11.4 Å². The van der Waals surface area contributed by atoms with Gasteiger partial charge in [0.2, 0.25) is 0 Å². The molecule has 0 unspecified atom stereocenters. The molecule has 27 heavy (non-hydrogen) atoms. The van der Waals surface area contributed by atoms with Crippen molar-refractivity contribution >= 4 is 11.5 Å². The maximum Gasteiger partial charge on any atom is 0.176 e. The molecule has 1 aromatic carbocycles. The first-order valence-electron chi connectivity index (χ1n) is 9.23. The number of aromatic nitrogens is 4. The molecule has 1 aliphatic rings. The van der Waals surface area contributed by atoms with Gasteiger partial charge < -0.3 is 10.2 Å². The molecular formula is C20H23FN6. The lowest BCUT2D eigenvalue weighted by atomic mass is 10.0. The Morgan fingerprint density at radius 2 is 1.70 bits per heavy atom. The van der Waals surface area contributed by atoms with Crippen LogP contribution in [-0.2, 0) is 0 Å². The fraction of sp³-hybridized carbons (Fsp3) is 0.350. The van der Waals surface area contributed by atoms with Crippen molar-refractivity contribution in [3.63, 3.8) is 0 Å². The minimum atomic E-state index is -0.203. The average molecular weight is 366 g/mol. The summed E-state index contributed by atoms with van der Waals surface area (Å²) in [5.41, 5.74) is 2.57. The van der Waals surface area contributed by atoms with Gasteiger partial charge in [0, 0.05) is 24.8 Å². The number of nitrogens with zero attached hydrogens (tertiary/aromatic N) is 5. The quantitative estimate of drug-likeness (QED) is 0.766. The van der Waals surface area contributed by atoms with E-state index in [0.717, 1.165) is 49.0 Å². The fourth-order valence-electron chi connectivity index (χ4n) is 3.51. The number of nitrogens with one attached hydrogen (secondary N) is 1. The van der Waals surface area contributed by atoms with Crippen LogP contribution in [0.15, 0.2) is 42.5 Å². The third-order valence-corrected chi connectivity index (χ3v) is 4.92. The Morgan fingerprint density at radius 1 is 1.00 bits per heavy atom. The number of hydrogen-bond donors (Lipinski definition) is 1. The van der Waals surface area contributed by atoms with Crippen molar-refractivity contribution in [2.45, 2.75) is 32.7 Å². The van der Waals surface area contributed by atoms with Crippen LogP contribution in [0, 0.1) is 19.7 Å². The summed E-state index contributed by atoms with van der Waals surface area (Å²) >= 11 is 0. The number of piperidine rings is 1. The number of benzene rings is 1. The SMILES string of the molecule is Cc1cc(C)n(-c2ccc(N3CCC(Nc4ccccc4F)CC3)nn2)n1. The first-order valence-corrected chi connectivity index (χ1v) is 9.23. The molecule has 140 valence electrons. The number of hydrogen-bond acceptors (Lipinski definition) is 5. The van der Waals surface area contributed by atoms with Crippen molar-refractivity contribution in [1.29, 1.82) is 0 Å². The predicted molar refractivity (Wildman–Crippen MR) is 104 cm³/mol. The molecule has 7 heteroatoms. The van der Waals surface area contributed by atoms with Gasteiger partial charge in [0.15, 0.2) is 11.6 Å². The summed E-state index contributed by atoms with van der Waals surface area (Å²) in [5.74, 6) is 1.38. The maximum atomic E-state index is 13.8. The van der Waals surface area contributed by atoms with Gasteiger partial charge in [-0.1, -0.05) is 12.1 Å². The molecular weight excluding hydrogens is 343 g/mol. The van der Waals surface area contributed by atoms with E-state index < -0.39 is 0 Å². The Labute approximate surface area is 158 Å². The first kappa shape index (κ1) is 17.5. The van der Waals surface area contributed by atoms with Crippen molar-refractivity contribution in [3.05, 3.63) is 59.7 Å². The summed E-state index contributed by atoms with van der Waals surface area (Å²) in [6, 6.07) is 13.0. The van der Waals surface area contributed by atoms with Crippen molar-refractivity contribution in [1.82, 2.24) is 20.0 Å². The van der Waals surface area contributed by atoms with E-state index in [1.807, 2.05) is 38.1 Å². The number of aryl methyl sites for hydroxylation is 2. The summed E-state index contributed by atoms with van der Waals surface area (Å²) in [5, 5.41) is 16.5. The summed E-state index contributed by atoms with van der Waals surface area (Å²) in [7, 11) is 0. The van der Waals surface area contributed by atoms with Crippen LogP contribution in [0.1, 0.15) is 24.2 Å². The van der Waals surface area contributed by atoms with Gasteiger partial charge in [-0.3, -0.25) is 0 Å². The topological polar surface area (TPSA) is 58.9 Å². The van der Waals surface area contributed by atoms with Crippen LogP contribution in [0.3, 0.4) is 0 Å². The molecule has 0 saturated carbocycles. The summed E-state index contributed by atoms with van der Waals surface area (Å²) in [4.78, 5) is 2.22. The Kier molecular flexibility index (Phi) is 4.75. The Bertz CT molecular complexity index is 912. The third kappa shape index (κ3) is 3.77. The number of para-hydroxylation sites is 1. The molecule has 2 aromatic heterocycles. The molecule has 1 saturated heterocycles. The third-order valence-electron chi connectivity index (χ3n) is 4.92. The number of halogens is 1. The van der Waals surface area contributed by atoms with E-state index in [4.69, 9.17) is 0 Å². The minimum Gasteiger partial charge on any atom is -0.380 e. The molecule has 3 aromatic rings. The van der Waals surface area contributed by atoms with E-state index in [-0.39, 0.29) is 11.9 Å². The van der Waals surface area contributed by atoms with Crippen LogP contribution in [0.2, 0.25) is 0 Å². The minimum absolute atomic E-state index is 0.203. The van der Waals surface area contributed by atoms with Crippen molar-refractivity contribution in [3.8, 4) is 5.82 Å². The highest BCUT2D eigenvalue weighted by Gasteiger charge is 2.21. The molecule has 1 aliphatic heterocycles. The average Bonchev–Trinajstić information content (AvgIpc) is 3.02. The van der Waals surface area contributed by atoms with Crippen molar-refractivity contribution in [2.24, 2.45) is 0 Å². The molecule has 0 bridgehead atoms. The number of anilines is 2. The van der Waals surface area contributed by atoms with Crippen LogP contribution in [0.4, 0.5) is 15.9 Å². The van der Waals surface area contributed by atoms with Gasteiger partial charge in [-0.05, 0) is 57.0 Å². The van der Waals surface area contributed by atoms with Gasteiger partial charge in [0.1, 0.15) is 5.82 Å². The van der Waals surface area contributed by atoms with Gasteiger partial charge >= 0.3 is 0 Å². The second kappa shape index (κ2) is 7.34. The van der Waals surface area contributed by atoms with Crippen LogP contribution in [0.25, 0.3) is 5.82 Å². The zero-order valence-electron chi connectivity index (χ0n) is 15.6. The maximum absolute atomic E-state index is 13.8. The summed E-state index contributed by atoms with van der Waals surface area (Å²) in [6.07, 6.45) is 1.85. The van der Waals surface area contributed by atoms with Gasteiger partial charge in [0.25, 0.3) is 0 Å². The lowest BCUT2D eigenvalue weighted by molar-refractivity contribution is 0.518. The fourth-order valence-corrected chi connectivity index (χ4v) is 3.51. The lowest BCUT2D eigenvalue weighted by Crippen LogP contribution is -2.39. The lowest BCUT2D eigenvalue weighted by Gasteiger charge is -2.33. The molecule has 0 radical (unpaired) electrons. The van der Waals surface area contributed by atoms with E-state index in [1.165, 1.54) is 6.07 Å². The Balaban J connectivity index is 1.38. The molecule has 0 aliphatic carbocycles. The Morgan fingerprint density at radius 3 is 2.33 bits per heavy atom. The highest BCUT2D eigenvalue weighted by Crippen LogP contribution is 2.22. The van der Waals surface area contributed by atoms with Crippen LogP contribution in [0.5, 0.6) is 0 Å². The zero-order valence-corrected chi connectivity index (χ0v) is 15.6. The molecule has 0 amide bonds. The highest BCUT2D eigenvalue weighted by atomic mass is 19.1. The van der Waals surface area contributed by atoms with Crippen LogP contribution < -0.4 is 10.2 Å². The van der Waals surface area contributed by atoms with Gasteiger partial charge in [-0.2, -0.15) is 5.10 Å². The second-order valence-electron chi connectivity index (χ2n) is 6.97. The monoisotopic (exact) mass is 366 g/mol. The largest absolute Gasteiger partial charge is 0.380 e. The highest BCUT2D eigenvalue weighted by molar-refractivity contribution is 5.46. The zero-order chi connectivity index (χ0) is 18.8. The van der Waals surface area contributed by atoms with E-state index in [1.54, 1.807) is 16.8 Å². The van der Waals surface area contributed by atoms with Crippen LogP contribution >= 0.6 is 0 Å². The second-order valence-corrected chi connectivity index (χ2v) is 6.97. The molecule has 0 atom stereocenters. The van der Waals surface area contributed by atoms with E-state index in [2.05, 4.69) is 25.5 Å². The summed E-state index contributed by atoms with van der Waals surface area (Å²) < 4.78 is 15.6. The Hall–Kier alpha value is -2.96. The number of rotatable bonds is 4. The predicted octanol–water partition coefficient (Wildman–Crippen LogP) is 3.50. The molecule has 0 spiro atoms. The molecule has 6 nitrogen and oxygen atoms in total. The molecule has 1 fully saturated rings. The summed E-state index contributed by atoms with van der Waals surface area (Å²) in [6.45, 7) is 5.69. The normalized spacial score (nSPS) is 15.1. The van der Waals surface area contributed by atoms with E-state index in [0.29, 0.717) is 5.69 Å². The molecule has 1 N–H and O–H groups in total. The van der Waals surface area contributed by atoms with Crippen LogP contribution in [-0.4, -0.2) is 39.1 Å².